The molecule has 0 aromatic carbocycles. The van der Waals surface area contributed by atoms with E-state index >= 15 is 0 Å². The first kappa shape index (κ1) is 32.2. The molecular formula is C24H48N4O6. The van der Waals surface area contributed by atoms with Gasteiger partial charge in [0.2, 0.25) is 17.7 Å². The molecule has 0 heterocycles. The van der Waals surface area contributed by atoms with Gasteiger partial charge in [-0.25, -0.2) is 0 Å². The van der Waals surface area contributed by atoms with E-state index in [1.807, 2.05) is 21.0 Å². The molecule has 3 N–H and O–H groups in total. The molecule has 34 heavy (non-hydrogen) atoms. The van der Waals surface area contributed by atoms with Crippen LogP contribution >= 0.6 is 0 Å². The molecule has 0 unspecified atom stereocenters. The van der Waals surface area contributed by atoms with Crippen molar-refractivity contribution in [2.45, 2.75) is 58.3 Å². The molecule has 0 spiro atoms. The van der Waals surface area contributed by atoms with Crippen molar-refractivity contribution in [3.8, 4) is 0 Å². The summed E-state index contributed by atoms with van der Waals surface area (Å²) in [5.74, 6) is 0.0381. The maximum atomic E-state index is 11.8. The lowest BCUT2D eigenvalue weighted by Gasteiger charge is -2.09. The summed E-state index contributed by atoms with van der Waals surface area (Å²) in [5.41, 5.74) is 0. The van der Waals surface area contributed by atoms with Crippen LogP contribution in [0, 0.1) is 0 Å². The predicted octanol–water partition coefficient (Wildman–Crippen LogP) is 1.09. The summed E-state index contributed by atoms with van der Waals surface area (Å²) in [6, 6.07) is 0. The van der Waals surface area contributed by atoms with Crippen LogP contribution in [-0.2, 0) is 28.6 Å². The van der Waals surface area contributed by atoms with Gasteiger partial charge < -0.3 is 35.1 Å². The Morgan fingerprint density at radius 3 is 1.50 bits per heavy atom. The van der Waals surface area contributed by atoms with Gasteiger partial charge in [-0.1, -0.05) is 6.92 Å². The average molecular weight is 489 g/mol. The molecule has 0 aromatic heterocycles. The minimum Gasteiger partial charge on any atom is -0.379 e. The van der Waals surface area contributed by atoms with Gasteiger partial charge in [-0.3, -0.25) is 14.4 Å². The summed E-state index contributed by atoms with van der Waals surface area (Å²) in [7, 11) is 4.07. The molecule has 0 aliphatic heterocycles. The lowest BCUT2D eigenvalue weighted by atomic mass is 10.2. The Balaban J connectivity index is 3.29. The lowest BCUT2D eigenvalue weighted by molar-refractivity contribution is -0.123. The number of carbonyl (C=O) groups is 3. The van der Waals surface area contributed by atoms with Crippen molar-refractivity contribution < 1.29 is 28.6 Å². The van der Waals surface area contributed by atoms with Gasteiger partial charge in [0.25, 0.3) is 0 Å². The van der Waals surface area contributed by atoms with Crippen LogP contribution in [0.2, 0.25) is 0 Å². The summed E-state index contributed by atoms with van der Waals surface area (Å²) < 4.78 is 16.3. The van der Waals surface area contributed by atoms with Gasteiger partial charge in [0.05, 0.1) is 26.4 Å². The lowest BCUT2D eigenvalue weighted by Crippen LogP contribution is -2.27. The van der Waals surface area contributed by atoms with E-state index in [1.54, 1.807) is 0 Å². The van der Waals surface area contributed by atoms with E-state index in [2.05, 4.69) is 20.9 Å². The van der Waals surface area contributed by atoms with Crippen molar-refractivity contribution in [2.24, 2.45) is 0 Å². The molecule has 10 heteroatoms. The molecule has 0 aliphatic carbocycles. The number of hydrogen-bond donors (Lipinski definition) is 3. The van der Waals surface area contributed by atoms with Gasteiger partial charge in [0.1, 0.15) is 0 Å². The molecule has 0 aromatic rings. The summed E-state index contributed by atoms with van der Waals surface area (Å²) in [5, 5.41) is 8.54. The van der Waals surface area contributed by atoms with E-state index in [4.69, 9.17) is 14.2 Å². The fraction of sp³-hybridized carbons (Fsp3) is 0.875. The van der Waals surface area contributed by atoms with E-state index in [9.17, 15) is 14.4 Å². The van der Waals surface area contributed by atoms with Crippen molar-refractivity contribution in [3.05, 3.63) is 0 Å². The van der Waals surface area contributed by atoms with Gasteiger partial charge in [-0.2, -0.15) is 0 Å². The summed E-state index contributed by atoms with van der Waals surface area (Å²) in [4.78, 5) is 36.7. The van der Waals surface area contributed by atoms with Crippen molar-refractivity contribution in [1.29, 1.82) is 0 Å². The van der Waals surface area contributed by atoms with Crippen molar-refractivity contribution in [1.82, 2.24) is 20.9 Å². The minimum atomic E-state index is -0.0325. The average Bonchev–Trinajstić information content (AvgIpc) is 2.80. The third-order valence-corrected chi connectivity index (χ3v) is 4.80. The quantitative estimate of drug-likeness (QED) is 0.174. The highest BCUT2D eigenvalue weighted by Gasteiger charge is 2.05. The number of ether oxygens (including phenoxy) is 3. The second-order valence-electron chi connectivity index (χ2n) is 8.31. The molecule has 3 amide bonds. The molecule has 0 bridgehead atoms. The number of nitrogens with zero attached hydrogens (tertiary/aromatic N) is 1. The molecule has 0 rings (SSSR count). The van der Waals surface area contributed by atoms with Crippen molar-refractivity contribution in [2.75, 3.05) is 79.9 Å². The van der Waals surface area contributed by atoms with Crippen LogP contribution in [0.4, 0.5) is 0 Å². The zero-order valence-electron chi connectivity index (χ0n) is 21.6. The fourth-order valence-corrected chi connectivity index (χ4v) is 2.84. The minimum absolute atomic E-state index is 0.0113. The highest BCUT2D eigenvalue weighted by Crippen LogP contribution is 1.97. The first-order valence-electron chi connectivity index (χ1n) is 12.6. The first-order valence-corrected chi connectivity index (χ1v) is 12.6. The Bertz CT molecular complexity index is 520. The second-order valence-corrected chi connectivity index (χ2v) is 8.31. The smallest absolute Gasteiger partial charge is 0.220 e. The van der Waals surface area contributed by atoms with Crippen molar-refractivity contribution in [3.63, 3.8) is 0 Å². The summed E-state index contributed by atoms with van der Waals surface area (Å²) >= 11 is 0. The molecule has 0 saturated heterocycles. The van der Waals surface area contributed by atoms with Crippen LogP contribution in [0.1, 0.15) is 58.3 Å². The SMILES string of the molecule is CCC(=O)NCCCOCCOCCOCCCNC(=O)CCCC(=O)NCCCCN(C)C. The normalized spacial score (nSPS) is 10.9. The summed E-state index contributed by atoms with van der Waals surface area (Å²) in [6.45, 7) is 7.92. The molecule has 0 atom stereocenters. The van der Waals surface area contributed by atoms with E-state index in [1.165, 1.54) is 0 Å². The number of carbonyl (C=O) groups excluding carboxylic acids is 3. The third-order valence-electron chi connectivity index (χ3n) is 4.80. The Morgan fingerprint density at radius 2 is 1.03 bits per heavy atom. The van der Waals surface area contributed by atoms with Gasteiger partial charge >= 0.3 is 0 Å². The van der Waals surface area contributed by atoms with Crippen molar-refractivity contribution >= 4 is 17.7 Å². The van der Waals surface area contributed by atoms with Crippen LogP contribution < -0.4 is 16.0 Å². The maximum Gasteiger partial charge on any atom is 0.220 e. The van der Waals surface area contributed by atoms with Gasteiger partial charge in [0.15, 0.2) is 0 Å². The standard InChI is InChI=1S/C24H48N4O6/c1-4-22(29)25-13-8-16-32-18-20-34-21-19-33-17-9-14-27-24(31)11-7-10-23(30)26-12-5-6-15-28(2)3/h4-21H2,1-3H3,(H,25,29)(H,26,30)(H,27,31). The molecule has 0 aliphatic rings. The second kappa shape index (κ2) is 24.4. The number of nitrogens with one attached hydrogen (secondary N) is 3. The zero-order valence-corrected chi connectivity index (χ0v) is 21.6. The van der Waals surface area contributed by atoms with E-state index in [-0.39, 0.29) is 17.7 Å². The zero-order chi connectivity index (χ0) is 25.3. The topological polar surface area (TPSA) is 118 Å². The van der Waals surface area contributed by atoms with Crippen LogP contribution in [-0.4, -0.2) is 103 Å². The molecule has 10 nitrogen and oxygen atoms in total. The Labute approximate surface area is 205 Å². The molecule has 0 radical (unpaired) electrons. The monoisotopic (exact) mass is 488 g/mol. The Morgan fingerprint density at radius 1 is 0.588 bits per heavy atom. The maximum absolute atomic E-state index is 11.8. The number of rotatable bonds is 24. The molecule has 0 saturated carbocycles. The van der Waals surface area contributed by atoms with Crippen LogP contribution in [0.25, 0.3) is 0 Å². The van der Waals surface area contributed by atoms with Gasteiger partial charge in [-0.05, 0) is 52.7 Å². The van der Waals surface area contributed by atoms with Crippen LogP contribution in [0.3, 0.4) is 0 Å². The fourth-order valence-electron chi connectivity index (χ4n) is 2.84. The van der Waals surface area contributed by atoms with E-state index in [0.29, 0.717) is 85.0 Å². The van der Waals surface area contributed by atoms with E-state index < -0.39 is 0 Å². The number of hydrogen-bond acceptors (Lipinski definition) is 7. The summed E-state index contributed by atoms with van der Waals surface area (Å²) in [6.07, 6.45) is 5.35. The van der Waals surface area contributed by atoms with Crippen LogP contribution in [0.5, 0.6) is 0 Å². The van der Waals surface area contributed by atoms with Crippen LogP contribution in [0.15, 0.2) is 0 Å². The highest BCUT2D eigenvalue weighted by molar-refractivity contribution is 5.78. The van der Waals surface area contributed by atoms with Gasteiger partial charge in [-0.15, -0.1) is 0 Å². The Kier molecular flexibility index (Phi) is 23.1. The molecule has 200 valence electrons. The first-order chi connectivity index (χ1) is 16.5. The number of amides is 3. The predicted molar refractivity (Wildman–Crippen MR) is 133 cm³/mol. The molecular weight excluding hydrogens is 440 g/mol. The third kappa shape index (κ3) is 24.9. The molecule has 0 fully saturated rings. The number of unbranched alkanes of at least 4 members (excludes halogenated alkanes) is 1. The Hall–Kier alpha value is -1.75. The largest absolute Gasteiger partial charge is 0.379 e. The highest BCUT2D eigenvalue weighted by atomic mass is 16.5. The van der Waals surface area contributed by atoms with Gasteiger partial charge in [0, 0.05) is 52.1 Å². The van der Waals surface area contributed by atoms with E-state index in [0.717, 1.165) is 32.2 Å².